The van der Waals surface area contributed by atoms with Crippen LogP contribution in [-0.2, 0) is 6.42 Å². The molecule has 2 aromatic heterocycles. The van der Waals surface area contributed by atoms with Gasteiger partial charge in [-0.3, -0.25) is 4.79 Å². The van der Waals surface area contributed by atoms with Gasteiger partial charge >= 0.3 is 6.61 Å². The average Bonchev–Trinajstić information content (AvgIpc) is 3.50. The zero-order chi connectivity index (χ0) is 22.2. The zero-order valence-electron chi connectivity index (χ0n) is 16.7. The van der Waals surface area contributed by atoms with Gasteiger partial charge in [0.15, 0.2) is 11.5 Å². The van der Waals surface area contributed by atoms with Crippen molar-refractivity contribution < 1.29 is 22.6 Å². The lowest BCUT2D eigenvalue weighted by molar-refractivity contribution is -0.0516. The van der Waals surface area contributed by atoms with Crippen LogP contribution >= 0.6 is 0 Å². The van der Waals surface area contributed by atoms with E-state index in [0.717, 1.165) is 12.8 Å². The van der Waals surface area contributed by atoms with Gasteiger partial charge in [-0.25, -0.2) is 9.49 Å². The van der Waals surface area contributed by atoms with Crippen LogP contribution in [0.1, 0.15) is 24.0 Å². The minimum atomic E-state index is -2.99. The predicted octanol–water partition coefficient (Wildman–Crippen LogP) is 4.79. The second-order valence-electron chi connectivity index (χ2n) is 7.59. The molecule has 5 rings (SSSR count). The number of nitrogens with zero attached hydrogens (tertiary/aromatic N) is 1. The molecule has 0 radical (unpaired) electrons. The maximum Gasteiger partial charge on any atom is 0.387 e. The van der Waals surface area contributed by atoms with Crippen molar-refractivity contribution >= 4 is 10.9 Å². The Kier molecular flexibility index (Phi) is 5.08. The van der Waals surface area contributed by atoms with E-state index in [9.17, 15) is 18.0 Å². The van der Waals surface area contributed by atoms with Crippen LogP contribution in [-0.4, -0.2) is 27.9 Å². The van der Waals surface area contributed by atoms with Crippen LogP contribution in [0.2, 0.25) is 0 Å². The molecule has 1 fully saturated rings. The molecule has 0 spiro atoms. The van der Waals surface area contributed by atoms with Crippen molar-refractivity contribution in [2.24, 2.45) is 0 Å². The number of halogens is 3. The van der Waals surface area contributed by atoms with E-state index in [-0.39, 0.29) is 24.0 Å². The first-order chi connectivity index (χ1) is 15.5. The molecule has 1 aliphatic rings. The number of nitrogens with one attached hydrogen (secondary N) is 2. The van der Waals surface area contributed by atoms with E-state index in [1.165, 1.54) is 18.3 Å². The van der Waals surface area contributed by atoms with Gasteiger partial charge in [0.2, 0.25) is 0 Å². The normalized spacial score (nSPS) is 13.6. The predicted molar refractivity (Wildman–Crippen MR) is 112 cm³/mol. The Labute approximate surface area is 180 Å². The zero-order valence-corrected chi connectivity index (χ0v) is 16.7. The highest BCUT2D eigenvalue weighted by Crippen LogP contribution is 2.39. The van der Waals surface area contributed by atoms with Crippen LogP contribution in [0.25, 0.3) is 22.2 Å². The quantitative estimate of drug-likeness (QED) is 0.432. The lowest BCUT2D eigenvalue weighted by Crippen LogP contribution is -2.08. The Morgan fingerprint density at radius 2 is 1.94 bits per heavy atom. The van der Waals surface area contributed by atoms with Crippen LogP contribution in [0.4, 0.5) is 13.2 Å². The van der Waals surface area contributed by atoms with Crippen LogP contribution < -0.4 is 15.0 Å². The second kappa shape index (κ2) is 8.07. The number of rotatable bonds is 7. The fraction of sp³-hybridized carbons (Fsp3) is 0.217. The monoisotopic (exact) mass is 441 g/mol. The fourth-order valence-corrected chi connectivity index (χ4v) is 3.70. The molecule has 0 atom stereocenters. The van der Waals surface area contributed by atoms with Gasteiger partial charge in [-0.2, -0.15) is 13.9 Å². The Morgan fingerprint density at radius 1 is 1.12 bits per heavy atom. The molecule has 0 saturated heterocycles. The maximum atomic E-state index is 14.4. The van der Waals surface area contributed by atoms with Crippen LogP contribution in [0.3, 0.4) is 0 Å². The summed E-state index contributed by atoms with van der Waals surface area (Å²) in [5, 5.41) is 6.59. The Morgan fingerprint density at radius 3 is 2.69 bits per heavy atom. The number of fused-ring (bicyclic) bond motifs is 1. The van der Waals surface area contributed by atoms with E-state index >= 15 is 0 Å². The summed E-state index contributed by atoms with van der Waals surface area (Å²) in [5.41, 5.74) is 2.18. The van der Waals surface area contributed by atoms with Crippen molar-refractivity contribution in [1.29, 1.82) is 0 Å². The molecule has 6 nitrogen and oxygen atoms in total. The van der Waals surface area contributed by atoms with Crippen molar-refractivity contribution in [3.63, 3.8) is 0 Å². The van der Waals surface area contributed by atoms with Gasteiger partial charge in [-0.1, -0.05) is 18.2 Å². The summed E-state index contributed by atoms with van der Waals surface area (Å²) in [7, 11) is 0. The molecular weight excluding hydrogens is 423 g/mol. The first-order valence-corrected chi connectivity index (χ1v) is 10.1. The standard InChI is InChI=1S/C23H18F3N3O3/c24-16-4-2-1-3-12(16)9-15-20-17(11-27-29-22(20)30)28-21(15)13-5-8-18(32-23(25)26)19(10-13)31-14-6-7-14/h1-5,8,10-11,14,23,28H,6-7,9H2,(H,29,30). The van der Waals surface area contributed by atoms with Crippen LogP contribution in [0, 0.1) is 5.82 Å². The molecule has 1 saturated carbocycles. The first kappa shape index (κ1) is 20.2. The van der Waals surface area contributed by atoms with Crippen LogP contribution in [0.15, 0.2) is 53.5 Å². The number of ether oxygens (including phenoxy) is 2. The third kappa shape index (κ3) is 3.93. The van der Waals surface area contributed by atoms with E-state index in [2.05, 4.69) is 19.9 Å². The molecular formula is C23H18F3N3O3. The van der Waals surface area contributed by atoms with E-state index < -0.39 is 18.0 Å². The molecule has 9 heteroatoms. The summed E-state index contributed by atoms with van der Waals surface area (Å²) in [6, 6.07) is 10.9. The Bertz CT molecular complexity index is 1350. The largest absolute Gasteiger partial charge is 0.487 e. The summed E-state index contributed by atoms with van der Waals surface area (Å²) >= 11 is 0. The third-order valence-electron chi connectivity index (χ3n) is 5.31. The molecule has 4 aromatic rings. The Balaban J connectivity index is 1.66. The van der Waals surface area contributed by atoms with Gasteiger partial charge < -0.3 is 14.5 Å². The smallest absolute Gasteiger partial charge is 0.387 e. The van der Waals surface area contributed by atoms with Crippen LogP contribution in [0.5, 0.6) is 11.5 Å². The van der Waals surface area contributed by atoms with Gasteiger partial charge in [0, 0.05) is 12.0 Å². The van der Waals surface area contributed by atoms with E-state index in [1.54, 1.807) is 30.3 Å². The molecule has 2 aromatic carbocycles. The van der Waals surface area contributed by atoms with Crippen molar-refractivity contribution in [3.05, 3.63) is 76.0 Å². The number of aromatic amines is 2. The Hall–Kier alpha value is -3.75. The SMILES string of the molecule is O=c1[nH]ncc2[nH]c(-c3ccc(OC(F)F)c(OC4CC4)c3)c(Cc3ccccc3F)c12. The van der Waals surface area contributed by atoms with Crippen molar-refractivity contribution in [2.75, 3.05) is 0 Å². The van der Waals surface area contributed by atoms with Crippen molar-refractivity contribution in [3.8, 4) is 22.8 Å². The lowest BCUT2D eigenvalue weighted by atomic mass is 9.98. The molecule has 32 heavy (non-hydrogen) atoms. The molecule has 164 valence electrons. The minimum absolute atomic E-state index is 0.0436. The number of benzene rings is 2. The third-order valence-corrected chi connectivity index (χ3v) is 5.31. The molecule has 0 bridgehead atoms. The molecule has 0 unspecified atom stereocenters. The minimum Gasteiger partial charge on any atom is -0.487 e. The first-order valence-electron chi connectivity index (χ1n) is 10.1. The summed E-state index contributed by atoms with van der Waals surface area (Å²) in [6.45, 7) is -2.99. The highest BCUT2D eigenvalue weighted by molar-refractivity contribution is 5.90. The van der Waals surface area contributed by atoms with Gasteiger partial charge in [-0.05, 0) is 48.2 Å². The average molecular weight is 441 g/mol. The van der Waals surface area contributed by atoms with E-state index in [4.69, 9.17) is 4.74 Å². The molecule has 1 aliphatic carbocycles. The number of hydrogen-bond acceptors (Lipinski definition) is 4. The summed E-state index contributed by atoms with van der Waals surface area (Å²) in [4.78, 5) is 15.7. The maximum absolute atomic E-state index is 14.4. The number of H-pyrrole nitrogens is 2. The van der Waals surface area contributed by atoms with Gasteiger partial charge in [0.1, 0.15) is 5.82 Å². The summed E-state index contributed by atoms with van der Waals surface area (Å²) in [5.74, 6) is -0.272. The molecule has 2 N–H and O–H groups in total. The number of alkyl halides is 2. The van der Waals surface area contributed by atoms with Crippen molar-refractivity contribution in [1.82, 2.24) is 15.2 Å². The fourth-order valence-electron chi connectivity index (χ4n) is 3.70. The highest BCUT2D eigenvalue weighted by Gasteiger charge is 2.26. The topological polar surface area (TPSA) is 80.0 Å². The van der Waals surface area contributed by atoms with E-state index in [0.29, 0.717) is 33.3 Å². The van der Waals surface area contributed by atoms with Crippen molar-refractivity contribution in [2.45, 2.75) is 32.0 Å². The molecule has 0 aliphatic heterocycles. The summed E-state index contributed by atoms with van der Waals surface area (Å²) in [6.07, 6.45) is 3.25. The number of aromatic nitrogens is 3. The highest BCUT2D eigenvalue weighted by atomic mass is 19.3. The summed E-state index contributed by atoms with van der Waals surface area (Å²) < 4.78 is 50.5. The van der Waals surface area contributed by atoms with Gasteiger partial charge in [0.05, 0.1) is 28.9 Å². The molecule has 0 amide bonds. The lowest BCUT2D eigenvalue weighted by Gasteiger charge is -2.14. The van der Waals surface area contributed by atoms with Gasteiger partial charge in [0.25, 0.3) is 5.56 Å². The van der Waals surface area contributed by atoms with Gasteiger partial charge in [-0.15, -0.1) is 0 Å². The number of hydrogen-bond donors (Lipinski definition) is 2. The second-order valence-corrected chi connectivity index (χ2v) is 7.59. The van der Waals surface area contributed by atoms with E-state index in [1.807, 2.05) is 0 Å². The molecule has 2 heterocycles.